The molecule has 6 nitrogen and oxygen atoms in total. The number of aromatic nitrogens is 1. The van der Waals surface area contributed by atoms with Crippen molar-refractivity contribution in [3.05, 3.63) is 22.2 Å². The van der Waals surface area contributed by atoms with E-state index < -0.39 is 0 Å². The van der Waals surface area contributed by atoms with Gasteiger partial charge in [0, 0.05) is 26.7 Å². The van der Waals surface area contributed by atoms with Crippen molar-refractivity contribution in [3.8, 4) is 0 Å². The number of nitrogens with zero attached hydrogens (tertiary/aromatic N) is 3. The Hall–Kier alpha value is -1.85. The van der Waals surface area contributed by atoms with Crippen molar-refractivity contribution in [3.63, 3.8) is 0 Å². The molecule has 1 N–H and O–H groups in total. The molecule has 0 aromatic carbocycles. The summed E-state index contributed by atoms with van der Waals surface area (Å²) in [4.78, 5) is 17.0. The first-order chi connectivity index (χ1) is 9.11. The van der Waals surface area contributed by atoms with Crippen LogP contribution in [0.2, 0.25) is 0 Å². The van der Waals surface area contributed by atoms with E-state index in [0.29, 0.717) is 17.6 Å². The Labute approximate surface area is 113 Å². The fourth-order valence-corrected chi connectivity index (χ4v) is 2.67. The SMILES string of the molecule is CNc1ccc([N+](=O)[O-])c(N(C)CC2CCCC2)n1. The van der Waals surface area contributed by atoms with Crippen LogP contribution in [0.15, 0.2) is 12.1 Å². The summed E-state index contributed by atoms with van der Waals surface area (Å²) < 4.78 is 0. The minimum atomic E-state index is -0.368. The third-order valence-electron chi connectivity index (χ3n) is 3.68. The molecule has 0 radical (unpaired) electrons. The van der Waals surface area contributed by atoms with Crippen molar-refractivity contribution in [2.24, 2.45) is 5.92 Å². The minimum absolute atomic E-state index is 0.0690. The molecule has 0 saturated heterocycles. The molecule has 0 bridgehead atoms. The lowest BCUT2D eigenvalue weighted by atomic mass is 10.1. The zero-order valence-electron chi connectivity index (χ0n) is 11.4. The number of rotatable bonds is 5. The fourth-order valence-electron chi connectivity index (χ4n) is 2.67. The average molecular weight is 264 g/mol. The quantitative estimate of drug-likeness (QED) is 0.654. The van der Waals surface area contributed by atoms with Gasteiger partial charge in [0.05, 0.1) is 4.92 Å². The largest absolute Gasteiger partial charge is 0.373 e. The lowest BCUT2D eigenvalue weighted by Crippen LogP contribution is -2.25. The molecular weight excluding hydrogens is 244 g/mol. The number of pyridine rings is 1. The van der Waals surface area contributed by atoms with Crippen LogP contribution < -0.4 is 10.2 Å². The molecular formula is C13H20N4O2. The summed E-state index contributed by atoms with van der Waals surface area (Å²) in [5.74, 6) is 1.73. The van der Waals surface area contributed by atoms with Gasteiger partial charge in [-0.25, -0.2) is 4.98 Å². The van der Waals surface area contributed by atoms with Crippen molar-refractivity contribution in [2.75, 3.05) is 30.9 Å². The molecule has 0 atom stereocenters. The Balaban J connectivity index is 2.21. The highest BCUT2D eigenvalue weighted by Gasteiger charge is 2.23. The second-order valence-electron chi connectivity index (χ2n) is 5.08. The first kappa shape index (κ1) is 13.6. The van der Waals surface area contributed by atoms with E-state index in [1.807, 2.05) is 11.9 Å². The van der Waals surface area contributed by atoms with Crippen LogP contribution in [0.5, 0.6) is 0 Å². The maximum absolute atomic E-state index is 11.1. The van der Waals surface area contributed by atoms with Gasteiger partial charge in [0.2, 0.25) is 5.82 Å². The minimum Gasteiger partial charge on any atom is -0.373 e. The van der Waals surface area contributed by atoms with E-state index in [4.69, 9.17) is 0 Å². The predicted molar refractivity (Wildman–Crippen MR) is 75.7 cm³/mol. The van der Waals surface area contributed by atoms with Gasteiger partial charge >= 0.3 is 5.69 Å². The van der Waals surface area contributed by atoms with Crippen LogP contribution in [-0.4, -0.2) is 30.5 Å². The first-order valence-electron chi connectivity index (χ1n) is 6.66. The Kier molecular flexibility index (Phi) is 4.19. The molecule has 1 aromatic rings. The zero-order valence-corrected chi connectivity index (χ0v) is 11.4. The van der Waals surface area contributed by atoms with Crippen molar-refractivity contribution in [1.29, 1.82) is 0 Å². The highest BCUT2D eigenvalue weighted by molar-refractivity contribution is 5.61. The van der Waals surface area contributed by atoms with Crippen LogP contribution in [0.1, 0.15) is 25.7 Å². The predicted octanol–water partition coefficient (Wildman–Crippen LogP) is 2.66. The Morgan fingerprint density at radius 3 is 2.74 bits per heavy atom. The fraction of sp³-hybridized carbons (Fsp3) is 0.615. The Bertz CT molecular complexity index is 458. The lowest BCUT2D eigenvalue weighted by molar-refractivity contribution is -0.384. The highest BCUT2D eigenvalue weighted by atomic mass is 16.6. The second kappa shape index (κ2) is 5.86. The van der Waals surface area contributed by atoms with Crippen molar-refractivity contribution < 1.29 is 4.92 Å². The third kappa shape index (κ3) is 3.13. The Morgan fingerprint density at radius 2 is 2.16 bits per heavy atom. The summed E-state index contributed by atoms with van der Waals surface area (Å²) in [5, 5.41) is 14.0. The van der Waals surface area contributed by atoms with E-state index in [1.54, 1.807) is 13.1 Å². The maximum Gasteiger partial charge on any atom is 0.311 e. The molecule has 1 heterocycles. The zero-order chi connectivity index (χ0) is 13.8. The molecule has 0 unspecified atom stereocenters. The van der Waals surface area contributed by atoms with Crippen LogP contribution in [0, 0.1) is 16.0 Å². The highest BCUT2D eigenvalue weighted by Crippen LogP contribution is 2.30. The van der Waals surface area contributed by atoms with Gasteiger partial charge in [0.15, 0.2) is 0 Å². The molecule has 1 fully saturated rings. The van der Waals surface area contributed by atoms with Gasteiger partial charge < -0.3 is 10.2 Å². The normalized spacial score (nSPS) is 15.5. The average Bonchev–Trinajstić information content (AvgIpc) is 2.90. The molecule has 1 aliphatic carbocycles. The van der Waals surface area contributed by atoms with Gasteiger partial charge in [-0.1, -0.05) is 12.8 Å². The van der Waals surface area contributed by atoms with E-state index in [2.05, 4.69) is 10.3 Å². The smallest absolute Gasteiger partial charge is 0.311 e. The number of anilines is 2. The summed E-state index contributed by atoms with van der Waals surface area (Å²) in [7, 11) is 3.64. The van der Waals surface area contributed by atoms with Gasteiger partial charge in [0.1, 0.15) is 5.82 Å². The summed E-state index contributed by atoms with van der Waals surface area (Å²) in [6, 6.07) is 3.14. The number of hydrogen-bond donors (Lipinski definition) is 1. The molecule has 0 amide bonds. The molecule has 1 aromatic heterocycles. The molecule has 0 aliphatic heterocycles. The molecule has 1 aliphatic rings. The molecule has 0 spiro atoms. The molecule has 19 heavy (non-hydrogen) atoms. The van der Waals surface area contributed by atoms with E-state index in [9.17, 15) is 10.1 Å². The summed E-state index contributed by atoms with van der Waals surface area (Å²) in [5.41, 5.74) is 0.0690. The van der Waals surface area contributed by atoms with Gasteiger partial charge in [-0.3, -0.25) is 10.1 Å². The van der Waals surface area contributed by atoms with Crippen molar-refractivity contribution in [1.82, 2.24) is 4.98 Å². The van der Waals surface area contributed by atoms with Gasteiger partial charge in [-0.2, -0.15) is 0 Å². The molecule has 2 rings (SSSR count). The van der Waals surface area contributed by atoms with Crippen LogP contribution in [0.4, 0.5) is 17.3 Å². The second-order valence-corrected chi connectivity index (χ2v) is 5.08. The first-order valence-corrected chi connectivity index (χ1v) is 6.66. The van der Waals surface area contributed by atoms with Gasteiger partial charge in [-0.05, 0) is 24.8 Å². The lowest BCUT2D eigenvalue weighted by Gasteiger charge is -2.22. The molecule has 6 heteroatoms. The number of hydrogen-bond acceptors (Lipinski definition) is 5. The van der Waals surface area contributed by atoms with E-state index in [0.717, 1.165) is 6.54 Å². The van der Waals surface area contributed by atoms with E-state index in [-0.39, 0.29) is 10.6 Å². The van der Waals surface area contributed by atoms with E-state index >= 15 is 0 Å². The van der Waals surface area contributed by atoms with Crippen molar-refractivity contribution in [2.45, 2.75) is 25.7 Å². The summed E-state index contributed by atoms with van der Waals surface area (Å²) >= 11 is 0. The van der Waals surface area contributed by atoms with E-state index in [1.165, 1.54) is 31.7 Å². The number of nitrogens with one attached hydrogen (secondary N) is 1. The summed E-state index contributed by atoms with van der Waals surface area (Å²) in [6.07, 6.45) is 4.96. The standard InChI is InChI=1S/C13H20N4O2/c1-14-12-8-7-11(17(18)19)13(15-12)16(2)9-10-5-3-4-6-10/h7-8,10H,3-6,9H2,1-2H3,(H,14,15). The van der Waals surface area contributed by atoms with Crippen LogP contribution in [0.25, 0.3) is 0 Å². The van der Waals surface area contributed by atoms with Crippen LogP contribution in [0.3, 0.4) is 0 Å². The van der Waals surface area contributed by atoms with Gasteiger partial charge in [0.25, 0.3) is 0 Å². The molecule has 104 valence electrons. The van der Waals surface area contributed by atoms with Crippen LogP contribution >= 0.6 is 0 Å². The van der Waals surface area contributed by atoms with Gasteiger partial charge in [-0.15, -0.1) is 0 Å². The summed E-state index contributed by atoms with van der Waals surface area (Å²) in [6.45, 7) is 0.834. The van der Waals surface area contributed by atoms with Crippen LogP contribution in [-0.2, 0) is 0 Å². The molecule has 1 saturated carbocycles. The Morgan fingerprint density at radius 1 is 1.47 bits per heavy atom. The third-order valence-corrected chi connectivity index (χ3v) is 3.68. The number of nitro groups is 1. The van der Waals surface area contributed by atoms with Crippen molar-refractivity contribution >= 4 is 17.3 Å². The topological polar surface area (TPSA) is 71.3 Å². The maximum atomic E-state index is 11.1. The monoisotopic (exact) mass is 264 g/mol.